The maximum Gasteiger partial charge on any atom is 0.226 e. The molecule has 1 amide bonds. The molecule has 0 aliphatic rings. The smallest absolute Gasteiger partial charge is 0.226 e. The van der Waals surface area contributed by atoms with Crippen LogP contribution in [0.25, 0.3) is 10.6 Å². The highest BCUT2D eigenvalue weighted by molar-refractivity contribution is 7.13. The van der Waals surface area contributed by atoms with Gasteiger partial charge >= 0.3 is 0 Å². The van der Waals surface area contributed by atoms with Crippen molar-refractivity contribution in [2.75, 3.05) is 19.6 Å². The molecule has 2 aromatic rings. The van der Waals surface area contributed by atoms with E-state index in [1.54, 1.807) is 12.5 Å². The molecule has 0 atom stereocenters. The summed E-state index contributed by atoms with van der Waals surface area (Å²) in [7, 11) is 0. The van der Waals surface area contributed by atoms with Crippen LogP contribution >= 0.6 is 11.3 Å². The largest absolute Gasteiger partial charge is 0.472 e. The van der Waals surface area contributed by atoms with E-state index in [9.17, 15) is 4.79 Å². The van der Waals surface area contributed by atoms with E-state index in [0.29, 0.717) is 13.0 Å². The fourth-order valence-corrected chi connectivity index (χ4v) is 2.53. The Hall–Kier alpha value is -1.66. The number of hydrogen-bond acceptors (Lipinski definition) is 5. The van der Waals surface area contributed by atoms with Gasteiger partial charge in [-0.2, -0.15) is 0 Å². The molecule has 0 unspecified atom stereocenters. The third-order valence-corrected chi connectivity index (χ3v) is 3.65. The summed E-state index contributed by atoms with van der Waals surface area (Å²) >= 11 is 1.52. The lowest BCUT2D eigenvalue weighted by atomic mass is 10.3. The Morgan fingerprint density at radius 3 is 3.05 bits per heavy atom. The summed E-state index contributed by atoms with van der Waals surface area (Å²) in [6.45, 7) is 4.55. The number of nitrogens with zero attached hydrogens (tertiary/aromatic N) is 1. The summed E-state index contributed by atoms with van der Waals surface area (Å²) in [5.41, 5.74) is 1.75. The number of thiazole rings is 1. The van der Waals surface area contributed by atoms with E-state index in [0.717, 1.165) is 35.8 Å². The first-order chi connectivity index (χ1) is 9.79. The summed E-state index contributed by atoms with van der Waals surface area (Å²) < 4.78 is 5.02. The molecule has 0 aromatic carbocycles. The second kappa shape index (κ2) is 7.81. The molecular formula is C14H19N3O2S. The molecular weight excluding hydrogens is 274 g/mol. The van der Waals surface area contributed by atoms with Gasteiger partial charge in [0.15, 0.2) is 0 Å². The van der Waals surface area contributed by atoms with Crippen LogP contribution in [0.5, 0.6) is 0 Å². The maximum absolute atomic E-state index is 11.7. The van der Waals surface area contributed by atoms with E-state index in [2.05, 4.69) is 22.5 Å². The van der Waals surface area contributed by atoms with Crippen molar-refractivity contribution >= 4 is 17.2 Å². The number of carbonyl (C=O) groups is 1. The zero-order chi connectivity index (χ0) is 14.2. The Morgan fingerprint density at radius 2 is 2.30 bits per heavy atom. The van der Waals surface area contributed by atoms with Gasteiger partial charge in [0.05, 0.1) is 18.4 Å². The topological polar surface area (TPSA) is 67.2 Å². The quantitative estimate of drug-likeness (QED) is 0.731. The highest BCUT2D eigenvalue weighted by Gasteiger charge is 2.09. The van der Waals surface area contributed by atoms with Crippen molar-refractivity contribution in [1.29, 1.82) is 0 Å². The Balaban J connectivity index is 1.74. The van der Waals surface area contributed by atoms with Crippen LogP contribution in [0.1, 0.15) is 19.0 Å². The minimum atomic E-state index is 0.00680. The molecule has 0 aliphatic carbocycles. The third-order valence-electron chi connectivity index (χ3n) is 2.71. The minimum absolute atomic E-state index is 0.00680. The zero-order valence-electron chi connectivity index (χ0n) is 11.5. The van der Waals surface area contributed by atoms with Gasteiger partial charge in [-0.3, -0.25) is 4.79 Å². The van der Waals surface area contributed by atoms with E-state index in [-0.39, 0.29) is 5.91 Å². The SMILES string of the molecule is CCCNCCNC(=O)Cc1csc(-c2ccoc2)n1. The van der Waals surface area contributed by atoms with Gasteiger partial charge in [0.2, 0.25) is 5.91 Å². The van der Waals surface area contributed by atoms with Gasteiger partial charge in [-0.25, -0.2) is 4.98 Å². The number of rotatable bonds is 8. The molecule has 108 valence electrons. The molecule has 0 fully saturated rings. The van der Waals surface area contributed by atoms with Gasteiger partial charge in [0, 0.05) is 24.0 Å². The molecule has 0 saturated heterocycles. The van der Waals surface area contributed by atoms with Crippen molar-refractivity contribution in [1.82, 2.24) is 15.6 Å². The van der Waals surface area contributed by atoms with Gasteiger partial charge < -0.3 is 15.1 Å². The van der Waals surface area contributed by atoms with Crippen LogP contribution in [0, 0.1) is 0 Å². The molecule has 0 radical (unpaired) electrons. The maximum atomic E-state index is 11.7. The van der Waals surface area contributed by atoms with Crippen LogP contribution < -0.4 is 10.6 Å². The van der Waals surface area contributed by atoms with Crippen LogP contribution in [0.4, 0.5) is 0 Å². The van der Waals surface area contributed by atoms with Crippen molar-refractivity contribution in [3.63, 3.8) is 0 Å². The van der Waals surface area contributed by atoms with Crippen molar-refractivity contribution in [3.8, 4) is 10.6 Å². The highest BCUT2D eigenvalue weighted by atomic mass is 32.1. The third kappa shape index (κ3) is 4.47. The lowest BCUT2D eigenvalue weighted by molar-refractivity contribution is -0.120. The molecule has 2 N–H and O–H groups in total. The lowest BCUT2D eigenvalue weighted by Gasteiger charge is -2.04. The van der Waals surface area contributed by atoms with Gasteiger partial charge in [0.25, 0.3) is 0 Å². The summed E-state index contributed by atoms with van der Waals surface area (Å²) in [4.78, 5) is 16.2. The van der Waals surface area contributed by atoms with Gasteiger partial charge in [-0.15, -0.1) is 11.3 Å². The first-order valence-electron chi connectivity index (χ1n) is 6.74. The van der Waals surface area contributed by atoms with E-state index in [4.69, 9.17) is 4.42 Å². The predicted molar refractivity (Wildman–Crippen MR) is 79.7 cm³/mol. The number of nitrogens with one attached hydrogen (secondary N) is 2. The van der Waals surface area contributed by atoms with Crippen LogP contribution in [0.15, 0.2) is 28.4 Å². The normalized spacial score (nSPS) is 10.7. The van der Waals surface area contributed by atoms with Crippen molar-refractivity contribution < 1.29 is 9.21 Å². The Kier molecular flexibility index (Phi) is 5.76. The molecule has 5 nitrogen and oxygen atoms in total. The highest BCUT2D eigenvalue weighted by Crippen LogP contribution is 2.23. The summed E-state index contributed by atoms with van der Waals surface area (Å²) in [6, 6.07) is 1.86. The van der Waals surface area contributed by atoms with Crippen LogP contribution in [0.2, 0.25) is 0 Å². The van der Waals surface area contributed by atoms with Crippen molar-refractivity contribution in [2.45, 2.75) is 19.8 Å². The van der Waals surface area contributed by atoms with Crippen molar-refractivity contribution in [2.24, 2.45) is 0 Å². The predicted octanol–water partition coefficient (Wildman–Crippen LogP) is 2.06. The second-order valence-electron chi connectivity index (χ2n) is 4.43. The average molecular weight is 293 g/mol. The monoisotopic (exact) mass is 293 g/mol. The van der Waals surface area contributed by atoms with Gasteiger partial charge in [-0.05, 0) is 19.0 Å². The van der Waals surface area contributed by atoms with Crippen LogP contribution in [0.3, 0.4) is 0 Å². The van der Waals surface area contributed by atoms with Crippen LogP contribution in [-0.2, 0) is 11.2 Å². The molecule has 2 heterocycles. The fraction of sp³-hybridized carbons (Fsp3) is 0.429. The van der Waals surface area contributed by atoms with E-state index < -0.39 is 0 Å². The molecule has 0 bridgehead atoms. The molecule has 0 aliphatic heterocycles. The average Bonchev–Trinajstić information content (AvgIpc) is 3.08. The first kappa shape index (κ1) is 14.7. The van der Waals surface area contributed by atoms with E-state index in [1.165, 1.54) is 11.3 Å². The number of hydrogen-bond donors (Lipinski definition) is 2. The number of aromatic nitrogens is 1. The molecule has 2 rings (SSSR count). The van der Waals surface area contributed by atoms with E-state index >= 15 is 0 Å². The van der Waals surface area contributed by atoms with Crippen LogP contribution in [-0.4, -0.2) is 30.5 Å². The number of carbonyl (C=O) groups excluding carboxylic acids is 1. The van der Waals surface area contributed by atoms with E-state index in [1.807, 2.05) is 11.4 Å². The number of amides is 1. The molecule has 0 spiro atoms. The second-order valence-corrected chi connectivity index (χ2v) is 5.29. The standard InChI is InChI=1S/C14H19N3O2S/c1-2-4-15-5-6-16-13(18)8-12-10-20-14(17-12)11-3-7-19-9-11/h3,7,9-10,15H,2,4-6,8H2,1H3,(H,16,18). The molecule has 0 saturated carbocycles. The summed E-state index contributed by atoms with van der Waals surface area (Å²) in [6.07, 6.45) is 4.69. The first-order valence-corrected chi connectivity index (χ1v) is 7.62. The fourth-order valence-electron chi connectivity index (χ4n) is 1.73. The zero-order valence-corrected chi connectivity index (χ0v) is 12.3. The molecule has 20 heavy (non-hydrogen) atoms. The summed E-state index contributed by atoms with van der Waals surface area (Å²) in [5, 5.41) is 8.91. The summed E-state index contributed by atoms with van der Waals surface area (Å²) in [5.74, 6) is 0.00680. The van der Waals surface area contributed by atoms with Crippen molar-refractivity contribution in [3.05, 3.63) is 29.7 Å². The molecule has 6 heteroatoms. The Labute approximate surface area is 122 Å². The Bertz CT molecular complexity index is 522. The Morgan fingerprint density at radius 1 is 1.40 bits per heavy atom. The minimum Gasteiger partial charge on any atom is -0.472 e. The number of furan rings is 1. The van der Waals surface area contributed by atoms with Gasteiger partial charge in [0.1, 0.15) is 11.3 Å². The lowest BCUT2D eigenvalue weighted by Crippen LogP contribution is -2.33. The van der Waals surface area contributed by atoms with Gasteiger partial charge in [-0.1, -0.05) is 6.92 Å². The molecule has 2 aromatic heterocycles.